The predicted molar refractivity (Wildman–Crippen MR) is 21.9 cm³/mol. The lowest BCUT2D eigenvalue weighted by atomic mass is 10.8. The van der Waals surface area contributed by atoms with Crippen LogP contribution < -0.4 is 5.32 Å². The smallest absolute Gasteiger partial charge is 0.0794 e. The van der Waals surface area contributed by atoms with Crippen LogP contribution >= 0.6 is 0 Å². The van der Waals surface area contributed by atoms with Crippen LogP contribution in [0.2, 0.25) is 0 Å². The van der Waals surface area contributed by atoms with Gasteiger partial charge in [0.25, 0.3) is 0 Å². The van der Waals surface area contributed by atoms with Gasteiger partial charge in [-0.1, -0.05) is 0 Å². The Bertz CT molecular complexity index is 26.1. The van der Waals surface area contributed by atoms with E-state index in [4.69, 9.17) is 5.41 Å². The highest BCUT2D eigenvalue weighted by Crippen LogP contribution is 1.49. The van der Waals surface area contributed by atoms with E-state index in [-0.39, 0.29) is 0 Å². The molecule has 2 N–H and O–H groups in total. The van der Waals surface area contributed by atoms with Crippen molar-refractivity contribution in [2.24, 2.45) is 0 Å². The Morgan fingerprint density at radius 3 is 2.40 bits per heavy atom. The Morgan fingerprint density at radius 2 is 2.40 bits per heavy atom. The van der Waals surface area contributed by atoms with E-state index in [1.54, 1.807) is 6.54 Å². The van der Waals surface area contributed by atoms with Gasteiger partial charge in [0.2, 0.25) is 0 Å². The molecule has 0 aromatic rings. The van der Waals surface area contributed by atoms with E-state index in [9.17, 15) is 0 Å². The molecule has 1 radical (unpaired) electrons. The number of nitrogens with one attached hydrogen (secondary N) is 2. The zero-order chi connectivity index (χ0) is 4.12. The molecule has 5 heavy (non-hydrogen) atoms. The summed E-state index contributed by atoms with van der Waals surface area (Å²) in [5.74, 6) is 0. The molecule has 0 rings (SSSR count). The van der Waals surface area contributed by atoms with Crippen molar-refractivity contribution in [2.75, 3.05) is 0 Å². The van der Waals surface area contributed by atoms with E-state index in [2.05, 4.69) is 5.32 Å². The first-order valence-corrected chi connectivity index (χ1v) is 1.44. The predicted octanol–water partition coefficient (Wildman–Crippen LogP) is 0.365. The molecule has 0 aliphatic carbocycles. The third-order valence-electron chi connectivity index (χ3n) is 0.250. The van der Waals surface area contributed by atoms with Crippen molar-refractivity contribution >= 4 is 6.34 Å². The first-order chi connectivity index (χ1) is 2.41. The second-order valence-electron chi connectivity index (χ2n) is 0.600. The van der Waals surface area contributed by atoms with Crippen LogP contribution in [0.15, 0.2) is 0 Å². The Morgan fingerprint density at radius 1 is 1.80 bits per heavy atom. The number of rotatable bonds is 2. The van der Waals surface area contributed by atoms with Gasteiger partial charge in [0, 0.05) is 6.54 Å². The van der Waals surface area contributed by atoms with Gasteiger partial charge in [0.15, 0.2) is 0 Å². The van der Waals surface area contributed by atoms with E-state index in [1.165, 1.54) is 0 Å². The van der Waals surface area contributed by atoms with Crippen LogP contribution in [0.25, 0.3) is 0 Å². The normalized spacial score (nSPS) is 6.60. The molecule has 0 heterocycles. The molecular formula is C3H7N2. The zero-order valence-electron chi connectivity index (χ0n) is 3.15. The quantitative estimate of drug-likeness (QED) is 0.358. The van der Waals surface area contributed by atoms with Crippen molar-refractivity contribution in [2.45, 2.75) is 6.92 Å². The second-order valence-corrected chi connectivity index (χ2v) is 0.600. The molecule has 2 heteroatoms. The topological polar surface area (TPSA) is 35.9 Å². The van der Waals surface area contributed by atoms with Crippen LogP contribution in [0.5, 0.6) is 0 Å². The molecular weight excluding hydrogens is 64.0 g/mol. The molecule has 0 atom stereocenters. The summed E-state index contributed by atoms with van der Waals surface area (Å²) in [6.45, 7) is 3.51. The van der Waals surface area contributed by atoms with Crippen molar-refractivity contribution in [1.82, 2.24) is 5.32 Å². The van der Waals surface area contributed by atoms with Crippen LogP contribution in [-0.2, 0) is 0 Å². The van der Waals surface area contributed by atoms with Gasteiger partial charge in [0.1, 0.15) is 0 Å². The fourth-order valence-electron chi connectivity index (χ4n) is 0.0833. The summed E-state index contributed by atoms with van der Waals surface area (Å²) < 4.78 is 0. The van der Waals surface area contributed by atoms with Crippen molar-refractivity contribution < 1.29 is 0 Å². The van der Waals surface area contributed by atoms with Crippen molar-refractivity contribution in [3.05, 3.63) is 6.54 Å². The molecule has 0 aliphatic rings. The lowest BCUT2D eigenvalue weighted by molar-refractivity contribution is 1.13. The fourth-order valence-corrected chi connectivity index (χ4v) is 0.0833. The number of hydrogen-bond acceptors (Lipinski definition) is 1. The lowest BCUT2D eigenvalue weighted by Crippen LogP contribution is -2.00. The molecule has 0 aromatic carbocycles. The van der Waals surface area contributed by atoms with Gasteiger partial charge in [-0.3, -0.25) is 5.41 Å². The van der Waals surface area contributed by atoms with Crippen molar-refractivity contribution in [3.63, 3.8) is 0 Å². The summed E-state index contributed by atoms with van der Waals surface area (Å²) in [6.07, 6.45) is 1.12. The summed E-state index contributed by atoms with van der Waals surface area (Å²) in [5, 5.41) is 8.86. The minimum absolute atomic E-state index is 1.12. The molecule has 0 bridgehead atoms. The third kappa shape index (κ3) is 3.47. The van der Waals surface area contributed by atoms with Gasteiger partial charge in [-0.25, -0.2) is 0 Å². The summed E-state index contributed by atoms with van der Waals surface area (Å²) >= 11 is 0. The van der Waals surface area contributed by atoms with Crippen LogP contribution in [-0.4, -0.2) is 6.34 Å². The minimum atomic E-state index is 1.12. The Balaban J connectivity index is 2.40. The van der Waals surface area contributed by atoms with E-state index < -0.39 is 0 Å². The van der Waals surface area contributed by atoms with Crippen molar-refractivity contribution in [3.8, 4) is 0 Å². The van der Waals surface area contributed by atoms with Crippen LogP contribution in [0, 0.1) is 12.0 Å². The summed E-state index contributed by atoms with van der Waals surface area (Å²) in [6, 6.07) is 0. The Labute approximate surface area is 31.7 Å². The van der Waals surface area contributed by atoms with E-state index in [1.807, 2.05) is 6.92 Å². The van der Waals surface area contributed by atoms with E-state index in [0.29, 0.717) is 0 Å². The molecule has 0 spiro atoms. The number of hydrogen-bond donors (Lipinski definition) is 2. The molecule has 0 aromatic heterocycles. The van der Waals surface area contributed by atoms with Gasteiger partial charge in [0.05, 0.1) is 6.34 Å². The first-order valence-electron chi connectivity index (χ1n) is 1.44. The lowest BCUT2D eigenvalue weighted by Gasteiger charge is -1.80. The van der Waals surface area contributed by atoms with E-state index >= 15 is 0 Å². The maximum atomic E-state index is 6.34. The second kappa shape index (κ2) is 3.47. The minimum Gasteiger partial charge on any atom is -0.372 e. The SMILES string of the molecule is C[CH]NC=N. The molecule has 0 saturated heterocycles. The van der Waals surface area contributed by atoms with Gasteiger partial charge >= 0.3 is 0 Å². The van der Waals surface area contributed by atoms with E-state index in [0.717, 1.165) is 6.34 Å². The van der Waals surface area contributed by atoms with Crippen LogP contribution in [0.3, 0.4) is 0 Å². The molecule has 0 aliphatic heterocycles. The van der Waals surface area contributed by atoms with Gasteiger partial charge < -0.3 is 5.32 Å². The first kappa shape index (κ1) is 4.47. The third-order valence-corrected chi connectivity index (χ3v) is 0.250. The Kier molecular flexibility index (Phi) is 3.10. The standard InChI is InChI=1S/C3H7N2/c1-2-5-3-4/h2-3H,1H3,(H2,4,5). The monoisotopic (exact) mass is 71.1 g/mol. The van der Waals surface area contributed by atoms with Gasteiger partial charge in [-0.05, 0) is 6.92 Å². The maximum absolute atomic E-state index is 6.34. The fraction of sp³-hybridized carbons (Fsp3) is 0.333. The molecule has 0 fully saturated rings. The van der Waals surface area contributed by atoms with Gasteiger partial charge in [-0.2, -0.15) is 0 Å². The van der Waals surface area contributed by atoms with Gasteiger partial charge in [-0.15, -0.1) is 0 Å². The highest BCUT2D eigenvalue weighted by atomic mass is 14.9. The highest BCUT2D eigenvalue weighted by Gasteiger charge is 1.57. The largest absolute Gasteiger partial charge is 0.372 e. The molecule has 0 unspecified atom stereocenters. The molecule has 0 amide bonds. The maximum Gasteiger partial charge on any atom is 0.0794 e. The molecule has 2 nitrogen and oxygen atoms in total. The van der Waals surface area contributed by atoms with Crippen molar-refractivity contribution in [1.29, 1.82) is 5.41 Å². The summed E-state index contributed by atoms with van der Waals surface area (Å²) in [4.78, 5) is 0. The van der Waals surface area contributed by atoms with Crippen LogP contribution in [0.1, 0.15) is 6.92 Å². The highest BCUT2D eigenvalue weighted by molar-refractivity contribution is 5.50. The molecule has 0 saturated carbocycles. The zero-order valence-corrected chi connectivity index (χ0v) is 3.15. The average Bonchev–Trinajstić information content (AvgIpc) is 1.41. The van der Waals surface area contributed by atoms with Crippen LogP contribution in [0.4, 0.5) is 0 Å². The molecule has 29 valence electrons. The summed E-state index contributed by atoms with van der Waals surface area (Å²) in [5.41, 5.74) is 0. The Hall–Kier alpha value is -0.530. The average molecular weight is 71.1 g/mol. The summed E-state index contributed by atoms with van der Waals surface area (Å²) in [7, 11) is 0.